The Balaban J connectivity index is 1.96. The minimum atomic E-state index is -0.198. The topological polar surface area (TPSA) is 58.6 Å². The van der Waals surface area contributed by atoms with Crippen molar-refractivity contribution in [3.05, 3.63) is 0 Å². The van der Waals surface area contributed by atoms with Crippen molar-refractivity contribution in [2.45, 2.75) is 32.8 Å². The lowest BCUT2D eigenvalue weighted by molar-refractivity contribution is -0.155. The van der Waals surface area contributed by atoms with Crippen LogP contribution in [0.4, 0.5) is 0 Å². The maximum atomic E-state index is 11.9. The number of carbonyl (C=O) groups is 2. The van der Waals surface area contributed by atoms with Crippen molar-refractivity contribution in [1.29, 1.82) is 0 Å². The highest BCUT2D eigenvalue weighted by atomic mass is 16.5. The summed E-state index contributed by atoms with van der Waals surface area (Å²) in [5.41, 5.74) is -0.198. The Morgan fingerprint density at radius 2 is 2.00 bits per heavy atom. The maximum absolute atomic E-state index is 11.9. The van der Waals surface area contributed by atoms with Gasteiger partial charge in [-0.25, -0.2) is 0 Å². The summed E-state index contributed by atoms with van der Waals surface area (Å²) in [5.74, 6) is -0.138. The van der Waals surface area contributed by atoms with Crippen molar-refractivity contribution in [3.8, 4) is 0 Å². The van der Waals surface area contributed by atoms with Gasteiger partial charge in [-0.05, 0) is 5.41 Å². The number of morpholine rings is 1. The number of carbonyl (C=O) groups excluding carboxylic acids is 2. The van der Waals surface area contributed by atoms with E-state index in [1.54, 1.807) is 0 Å². The SMILES string of the molecule is CC1(C)CC(=O)N(CC2CNCCO2)C(=O)C1. The van der Waals surface area contributed by atoms with Crippen LogP contribution in [0.5, 0.6) is 0 Å². The van der Waals surface area contributed by atoms with Crippen LogP contribution in [-0.2, 0) is 14.3 Å². The summed E-state index contributed by atoms with van der Waals surface area (Å²) in [7, 11) is 0. The quantitative estimate of drug-likeness (QED) is 0.698. The highest BCUT2D eigenvalue weighted by Gasteiger charge is 2.38. The first-order valence-electron chi connectivity index (χ1n) is 6.13. The first-order chi connectivity index (χ1) is 7.98. The van der Waals surface area contributed by atoms with E-state index in [0.717, 1.165) is 6.54 Å². The molecule has 1 atom stereocenters. The Labute approximate surface area is 101 Å². The van der Waals surface area contributed by atoms with Crippen molar-refractivity contribution in [2.24, 2.45) is 5.41 Å². The molecule has 1 N–H and O–H groups in total. The van der Waals surface area contributed by atoms with E-state index in [1.165, 1.54) is 4.90 Å². The number of nitrogens with one attached hydrogen (secondary N) is 1. The molecule has 96 valence electrons. The van der Waals surface area contributed by atoms with E-state index >= 15 is 0 Å². The van der Waals surface area contributed by atoms with Crippen molar-refractivity contribution < 1.29 is 14.3 Å². The van der Waals surface area contributed by atoms with E-state index < -0.39 is 0 Å². The highest BCUT2D eigenvalue weighted by molar-refractivity contribution is 5.98. The molecule has 0 aliphatic carbocycles. The second-order valence-electron chi connectivity index (χ2n) is 5.61. The number of likely N-dealkylation sites (tertiary alicyclic amines) is 1. The summed E-state index contributed by atoms with van der Waals surface area (Å²) in [6, 6.07) is 0. The lowest BCUT2D eigenvalue weighted by atomic mass is 9.81. The fourth-order valence-electron chi connectivity index (χ4n) is 2.36. The molecule has 0 aromatic heterocycles. The fourth-order valence-corrected chi connectivity index (χ4v) is 2.36. The zero-order valence-electron chi connectivity index (χ0n) is 10.5. The summed E-state index contributed by atoms with van der Waals surface area (Å²) in [5, 5.41) is 3.20. The van der Waals surface area contributed by atoms with Crippen LogP contribution >= 0.6 is 0 Å². The lowest BCUT2D eigenvalue weighted by Gasteiger charge is -2.37. The molecule has 2 aliphatic heterocycles. The zero-order chi connectivity index (χ0) is 12.5. The van der Waals surface area contributed by atoms with E-state index in [0.29, 0.717) is 32.5 Å². The lowest BCUT2D eigenvalue weighted by Crippen LogP contribution is -2.52. The van der Waals surface area contributed by atoms with Crippen molar-refractivity contribution >= 4 is 11.8 Å². The van der Waals surface area contributed by atoms with Gasteiger partial charge in [0.05, 0.1) is 19.3 Å². The third-order valence-corrected chi connectivity index (χ3v) is 3.25. The van der Waals surface area contributed by atoms with Gasteiger partial charge in [0, 0.05) is 25.9 Å². The first-order valence-corrected chi connectivity index (χ1v) is 6.13. The molecular formula is C12H20N2O3. The van der Waals surface area contributed by atoms with E-state index in [-0.39, 0.29) is 23.3 Å². The predicted octanol–water partition coefficient (Wildman–Crippen LogP) is 0.150. The number of imide groups is 1. The number of hydrogen-bond donors (Lipinski definition) is 1. The predicted molar refractivity (Wildman–Crippen MR) is 62.3 cm³/mol. The normalized spacial score (nSPS) is 29.5. The molecule has 5 heteroatoms. The summed E-state index contributed by atoms with van der Waals surface area (Å²) in [6.07, 6.45) is 0.829. The molecule has 2 aliphatic rings. The highest BCUT2D eigenvalue weighted by Crippen LogP contribution is 2.31. The summed E-state index contributed by atoms with van der Waals surface area (Å²) < 4.78 is 5.52. The summed E-state index contributed by atoms with van der Waals surface area (Å²) >= 11 is 0. The Morgan fingerprint density at radius 3 is 2.53 bits per heavy atom. The van der Waals surface area contributed by atoms with Crippen molar-refractivity contribution in [1.82, 2.24) is 10.2 Å². The van der Waals surface area contributed by atoms with Gasteiger partial charge in [-0.3, -0.25) is 14.5 Å². The van der Waals surface area contributed by atoms with E-state index in [4.69, 9.17) is 4.74 Å². The van der Waals surface area contributed by atoms with Crippen LogP contribution in [-0.4, -0.2) is 49.1 Å². The van der Waals surface area contributed by atoms with Gasteiger partial charge < -0.3 is 10.1 Å². The first kappa shape index (κ1) is 12.5. The van der Waals surface area contributed by atoms with E-state index in [1.807, 2.05) is 13.8 Å². The van der Waals surface area contributed by atoms with Gasteiger partial charge in [0.1, 0.15) is 0 Å². The fraction of sp³-hybridized carbons (Fsp3) is 0.833. The summed E-state index contributed by atoms with van der Waals surface area (Å²) in [4.78, 5) is 25.2. The monoisotopic (exact) mass is 240 g/mol. The van der Waals surface area contributed by atoms with Gasteiger partial charge in [0.2, 0.25) is 11.8 Å². The minimum Gasteiger partial charge on any atom is -0.374 e. The number of nitrogens with zero attached hydrogens (tertiary/aromatic N) is 1. The molecule has 2 fully saturated rings. The van der Waals surface area contributed by atoms with Gasteiger partial charge >= 0.3 is 0 Å². The second-order valence-corrected chi connectivity index (χ2v) is 5.61. The molecular weight excluding hydrogens is 220 g/mol. The Bertz CT molecular complexity index is 302. The number of hydrogen-bond acceptors (Lipinski definition) is 4. The molecule has 0 bridgehead atoms. The largest absolute Gasteiger partial charge is 0.374 e. The van der Waals surface area contributed by atoms with Gasteiger partial charge in [-0.1, -0.05) is 13.8 Å². The zero-order valence-corrected chi connectivity index (χ0v) is 10.5. The Morgan fingerprint density at radius 1 is 1.35 bits per heavy atom. The second kappa shape index (κ2) is 4.74. The molecule has 0 radical (unpaired) electrons. The van der Waals surface area contributed by atoms with Crippen LogP contribution in [0, 0.1) is 5.41 Å². The van der Waals surface area contributed by atoms with Crippen LogP contribution in [0.2, 0.25) is 0 Å². The molecule has 2 saturated heterocycles. The Kier molecular flexibility index (Phi) is 3.49. The van der Waals surface area contributed by atoms with Crippen LogP contribution in [0.3, 0.4) is 0 Å². The minimum absolute atomic E-state index is 0.0575. The molecule has 5 nitrogen and oxygen atoms in total. The van der Waals surface area contributed by atoms with Crippen LogP contribution in [0.1, 0.15) is 26.7 Å². The molecule has 0 saturated carbocycles. The van der Waals surface area contributed by atoms with Crippen molar-refractivity contribution in [2.75, 3.05) is 26.2 Å². The Hall–Kier alpha value is -0.940. The van der Waals surface area contributed by atoms with Gasteiger partial charge in [0.25, 0.3) is 0 Å². The van der Waals surface area contributed by atoms with Gasteiger partial charge in [0.15, 0.2) is 0 Å². The molecule has 2 amide bonds. The molecule has 0 spiro atoms. The van der Waals surface area contributed by atoms with Crippen LogP contribution in [0.15, 0.2) is 0 Å². The molecule has 17 heavy (non-hydrogen) atoms. The third kappa shape index (κ3) is 3.04. The number of amides is 2. The average Bonchev–Trinajstić information content (AvgIpc) is 2.24. The van der Waals surface area contributed by atoms with Gasteiger partial charge in [-0.15, -0.1) is 0 Å². The van der Waals surface area contributed by atoms with E-state index in [9.17, 15) is 9.59 Å². The maximum Gasteiger partial charge on any atom is 0.229 e. The van der Waals surface area contributed by atoms with Crippen LogP contribution < -0.4 is 5.32 Å². The molecule has 1 unspecified atom stereocenters. The smallest absolute Gasteiger partial charge is 0.229 e. The van der Waals surface area contributed by atoms with E-state index in [2.05, 4.69) is 5.32 Å². The molecule has 0 aromatic carbocycles. The number of rotatable bonds is 2. The summed E-state index contributed by atoms with van der Waals surface area (Å²) in [6.45, 7) is 6.50. The van der Waals surface area contributed by atoms with Crippen LogP contribution in [0.25, 0.3) is 0 Å². The van der Waals surface area contributed by atoms with Crippen molar-refractivity contribution in [3.63, 3.8) is 0 Å². The standard InChI is InChI=1S/C12H20N2O3/c1-12(2)5-10(15)14(11(16)6-12)8-9-7-13-3-4-17-9/h9,13H,3-8H2,1-2H3. The average molecular weight is 240 g/mol. The van der Waals surface area contributed by atoms with Gasteiger partial charge in [-0.2, -0.15) is 0 Å². The third-order valence-electron chi connectivity index (χ3n) is 3.25. The number of ether oxygens (including phenoxy) is 1. The molecule has 2 rings (SSSR count). The number of piperidine rings is 1. The molecule has 2 heterocycles. The molecule has 0 aromatic rings.